The SMILES string of the molecule is CC(C#N)c1ncccn1. The Morgan fingerprint density at radius 2 is 2.10 bits per heavy atom. The second-order valence-corrected chi connectivity index (χ2v) is 1.96. The number of nitriles is 1. The predicted molar refractivity (Wildman–Crippen MR) is 36.1 cm³/mol. The Kier molecular flexibility index (Phi) is 1.96. The zero-order chi connectivity index (χ0) is 7.40. The lowest BCUT2D eigenvalue weighted by atomic mass is 10.2. The molecule has 0 saturated heterocycles. The number of hydrogen-bond acceptors (Lipinski definition) is 3. The fourth-order valence-electron chi connectivity index (χ4n) is 0.592. The second kappa shape index (κ2) is 2.92. The van der Waals surface area contributed by atoms with Crippen LogP contribution >= 0.6 is 0 Å². The summed E-state index contributed by atoms with van der Waals surface area (Å²) in [4.78, 5) is 7.83. The number of nitrogens with zero attached hydrogens (tertiary/aromatic N) is 3. The van der Waals surface area contributed by atoms with Crippen LogP contribution in [0.3, 0.4) is 0 Å². The molecule has 50 valence electrons. The van der Waals surface area contributed by atoms with Crippen molar-refractivity contribution in [2.24, 2.45) is 0 Å². The molecule has 3 heteroatoms. The van der Waals surface area contributed by atoms with Crippen molar-refractivity contribution in [2.75, 3.05) is 0 Å². The summed E-state index contributed by atoms with van der Waals surface area (Å²) in [6.45, 7) is 1.77. The third-order valence-corrected chi connectivity index (χ3v) is 1.17. The predicted octanol–water partition coefficient (Wildman–Crippen LogP) is 1.10. The van der Waals surface area contributed by atoms with Gasteiger partial charge in [0.15, 0.2) is 0 Å². The van der Waals surface area contributed by atoms with Crippen LogP contribution in [-0.2, 0) is 0 Å². The minimum absolute atomic E-state index is 0.207. The standard InChI is InChI=1S/C7H7N3/c1-6(5-8)7-9-3-2-4-10-7/h2-4,6H,1H3. The van der Waals surface area contributed by atoms with E-state index in [0.717, 1.165) is 0 Å². The van der Waals surface area contributed by atoms with Gasteiger partial charge in [-0.05, 0) is 13.0 Å². The minimum Gasteiger partial charge on any atom is -0.240 e. The monoisotopic (exact) mass is 133 g/mol. The van der Waals surface area contributed by atoms with Gasteiger partial charge in [0.25, 0.3) is 0 Å². The Balaban J connectivity index is 2.88. The van der Waals surface area contributed by atoms with Gasteiger partial charge in [-0.3, -0.25) is 0 Å². The lowest BCUT2D eigenvalue weighted by Crippen LogP contribution is -1.95. The van der Waals surface area contributed by atoms with Gasteiger partial charge in [0.1, 0.15) is 11.7 Å². The van der Waals surface area contributed by atoms with Crippen molar-refractivity contribution in [3.63, 3.8) is 0 Å². The van der Waals surface area contributed by atoms with Gasteiger partial charge in [0.2, 0.25) is 0 Å². The topological polar surface area (TPSA) is 49.6 Å². The molecule has 0 bridgehead atoms. The Morgan fingerprint density at radius 3 is 2.60 bits per heavy atom. The normalized spacial score (nSPS) is 12.0. The summed E-state index contributed by atoms with van der Waals surface area (Å²) >= 11 is 0. The fraction of sp³-hybridized carbons (Fsp3) is 0.286. The minimum atomic E-state index is -0.207. The van der Waals surface area contributed by atoms with E-state index in [0.29, 0.717) is 5.82 Å². The van der Waals surface area contributed by atoms with E-state index in [1.54, 1.807) is 25.4 Å². The van der Waals surface area contributed by atoms with Crippen LogP contribution in [0.1, 0.15) is 18.7 Å². The molecule has 1 heterocycles. The highest BCUT2D eigenvalue weighted by Gasteiger charge is 2.03. The lowest BCUT2D eigenvalue weighted by Gasteiger charge is -1.96. The lowest BCUT2D eigenvalue weighted by molar-refractivity contribution is 0.853. The molecule has 1 aromatic heterocycles. The van der Waals surface area contributed by atoms with Crippen LogP contribution in [-0.4, -0.2) is 9.97 Å². The van der Waals surface area contributed by atoms with Crippen molar-refractivity contribution in [3.8, 4) is 6.07 Å². The molecule has 1 aromatic rings. The molecular formula is C7H7N3. The molecule has 0 spiro atoms. The van der Waals surface area contributed by atoms with Crippen molar-refractivity contribution < 1.29 is 0 Å². The molecule has 0 aliphatic carbocycles. The Labute approximate surface area is 59.4 Å². The van der Waals surface area contributed by atoms with Crippen molar-refractivity contribution in [1.29, 1.82) is 5.26 Å². The smallest absolute Gasteiger partial charge is 0.145 e. The molecule has 10 heavy (non-hydrogen) atoms. The summed E-state index contributed by atoms with van der Waals surface area (Å²) in [7, 11) is 0. The maximum absolute atomic E-state index is 8.46. The van der Waals surface area contributed by atoms with Gasteiger partial charge in [-0.1, -0.05) is 0 Å². The van der Waals surface area contributed by atoms with E-state index >= 15 is 0 Å². The van der Waals surface area contributed by atoms with Crippen LogP contribution < -0.4 is 0 Å². The molecule has 3 nitrogen and oxygen atoms in total. The molecule has 0 amide bonds. The van der Waals surface area contributed by atoms with E-state index in [4.69, 9.17) is 5.26 Å². The average Bonchev–Trinajstić information content (AvgIpc) is 2.05. The van der Waals surface area contributed by atoms with Crippen molar-refractivity contribution in [1.82, 2.24) is 9.97 Å². The molecule has 1 rings (SSSR count). The first-order valence-electron chi connectivity index (χ1n) is 3.01. The molecule has 0 radical (unpaired) electrons. The molecule has 0 aliphatic heterocycles. The quantitative estimate of drug-likeness (QED) is 0.576. The second-order valence-electron chi connectivity index (χ2n) is 1.96. The highest BCUT2D eigenvalue weighted by Crippen LogP contribution is 2.04. The van der Waals surface area contributed by atoms with Crippen molar-refractivity contribution in [2.45, 2.75) is 12.8 Å². The van der Waals surface area contributed by atoms with Crippen LogP contribution in [0.15, 0.2) is 18.5 Å². The Bertz CT molecular complexity index is 237. The van der Waals surface area contributed by atoms with Crippen LogP contribution in [0.25, 0.3) is 0 Å². The van der Waals surface area contributed by atoms with Gasteiger partial charge in [-0.25, -0.2) is 9.97 Å². The third kappa shape index (κ3) is 1.29. The van der Waals surface area contributed by atoms with Gasteiger partial charge in [0, 0.05) is 12.4 Å². The number of rotatable bonds is 1. The maximum atomic E-state index is 8.46. The molecule has 1 atom stereocenters. The summed E-state index contributed by atoms with van der Waals surface area (Å²) < 4.78 is 0. The summed E-state index contributed by atoms with van der Waals surface area (Å²) in [6.07, 6.45) is 3.27. The van der Waals surface area contributed by atoms with E-state index in [1.165, 1.54) is 0 Å². The zero-order valence-electron chi connectivity index (χ0n) is 5.65. The number of hydrogen-bond donors (Lipinski definition) is 0. The van der Waals surface area contributed by atoms with E-state index in [2.05, 4.69) is 16.0 Å². The average molecular weight is 133 g/mol. The molecule has 0 aromatic carbocycles. The first kappa shape index (κ1) is 6.69. The largest absolute Gasteiger partial charge is 0.240 e. The van der Waals surface area contributed by atoms with Crippen LogP contribution in [0.5, 0.6) is 0 Å². The fourth-order valence-corrected chi connectivity index (χ4v) is 0.592. The van der Waals surface area contributed by atoms with E-state index < -0.39 is 0 Å². The third-order valence-electron chi connectivity index (χ3n) is 1.17. The Hall–Kier alpha value is -1.43. The first-order chi connectivity index (χ1) is 4.84. The van der Waals surface area contributed by atoms with E-state index in [-0.39, 0.29) is 5.92 Å². The summed E-state index contributed by atoms with van der Waals surface area (Å²) in [5.74, 6) is 0.381. The van der Waals surface area contributed by atoms with Gasteiger partial charge in [-0.15, -0.1) is 0 Å². The van der Waals surface area contributed by atoms with Crippen LogP contribution in [0, 0.1) is 11.3 Å². The molecule has 0 N–H and O–H groups in total. The molecule has 1 unspecified atom stereocenters. The van der Waals surface area contributed by atoms with Crippen molar-refractivity contribution in [3.05, 3.63) is 24.3 Å². The van der Waals surface area contributed by atoms with E-state index in [1.807, 2.05) is 0 Å². The molecule has 0 aliphatic rings. The molecule has 0 fully saturated rings. The maximum Gasteiger partial charge on any atom is 0.145 e. The first-order valence-corrected chi connectivity index (χ1v) is 3.01. The highest BCUT2D eigenvalue weighted by molar-refractivity contribution is 5.05. The highest BCUT2D eigenvalue weighted by atomic mass is 14.9. The molecular weight excluding hydrogens is 126 g/mol. The van der Waals surface area contributed by atoms with Gasteiger partial charge >= 0.3 is 0 Å². The van der Waals surface area contributed by atoms with E-state index in [9.17, 15) is 0 Å². The Morgan fingerprint density at radius 1 is 1.50 bits per heavy atom. The summed E-state index contributed by atoms with van der Waals surface area (Å²) in [5, 5.41) is 8.46. The number of aromatic nitrogens is 2. The summed E-state index contributed by atoms with van der Waals surface area (Å²) in [5.41, 5.74) is 0. The molecule has 0 saturated carbocycles. The van der Waals surface area contributed by atoms with Crippen LogP contribution in [0.4, 0.5) is 0 Å². The summed E-state index contributed by atoms with van der Waals surface area (Å²) in [6, 6.07) is 3.79. The van der Waals surface area contributed by atoms with Crippen molar-refractivity contribution >= 4 is 0 Å². The van der Waals surface area contributed by atoms with Gasteiger partial charge in [0.05, 0.1) is 6.07 Å². The van der Waals surface area contributed by atoms with Gasteiger partial charge < -0.3 is 0 Å². The van der Waals surface area contributed by atoms with Gasteiger partial charge in [-0.2, -0.15) is 5.26 Å². The van der Waals surface area contributed by atoms with Crippen LogP contribution in [0.2, 0.25) is 0 Å². The zero-order valence-corrected chi connectivity index (χ0v) is 5.65.